The van der Waals surface area contributed by atoms with Crippen molar-refractivity contribution >= 4 is 23.4 Å². The van der Waals surface area contributed by atoms with Crippen LogP contribution in [0.4, 0.5) is 5.82 Å². The second kappa shape index (κ2) is 4.65. The minimum Gasteiger partial charge on any atom is -0.493 e. The Balaban J connectivity index is 2.68. The predicted octanol–water partition coefficient (Wildman–Crippen LogP) is 1.67. The van der Waals surface area contributed by atoms with Crippen molar-refractivity contribution in [3.05, 3.63) is 18.5 Å². The molecule has 0 fully saturated rings. The van der Waals surface area contributed by atoms with E-state index in [1.807, 2.05) is 0 Å². The third-order valence-corrected chi connectivity index (χ3v) is 2.33. The fraction of sp³-hybridized carbons (Fsp3) is 0.182. The van der Waals surface area contributed by atoms with Gasteiger partial charge in [0.25, 0.3) is 0 Å². The summed E-state index contributed by atoms with van der Waals surface area (Å²) >= 11 is 0. The minimum absolute atomic E-state index is 0.575. The molecular weight excluding hydrogens is 220 g/mol. The Labute approximate surface area is 98.3 Å². The number of ether oxygens (including phenoxy) is 2. The predicted molar refractivity (Wildman–Crippen MR) is 65.8 cm³/mol. The second-order valence-electron chi connectivity index (χ2n) is 3.22. The van der Waals surface area contributed by atoms with Gasteiger partial charge in [0.05, 0.1) is 19.7 Å². The summed E-state index contributed by atoms with van der Waals surface area (Å²) < 4.78 is 10.4. The summed E-state index contributed by atoms with van der Waals surface area (Å²) in [6.07, 6.45) is 1.45. The molecule has 0 aliphatic heterocycles. The Morgan fingerprint density at radius 2 is 1.88 bits per heavy atom. The molecule has 17 heavy (non-hydrogen) atoms. The lowest BCUT2D eigenvalue weighted by Gasteiger charge is -2.10. The molecule has 0 aliphatic rings. The first-order valence-corrected chi connectivity index (χ1v) is 4.88. The summed E-state index contributed by atoms with van der Waals surface area (Å²) in [6, 6.07) is 3.58. The molecule has 6 nitrogen and oxygen atoms in total. The van der Waals surface area contributed by atoms with Crippen molar-refractivity contribution in [2.24, 2.45) is 5.10 Å². The van der Waals surface area contributed by atoms with Crippen LogP contribution in [-0.4, -0.2) is 30.9 Å². The maximum absolute atomic E-state index is 5.22. The van der Waals surface area contributed by atoms with Crippen LogP contribution in [0.3, 0.4) is 0 Å². The van der Waals surface area contributed by atoms with E-state index in [4.69, 9.17) is 9.47 Å². The van der Waals surface area contributed by atoms with Gasteiger partial charge in [-0.2, -0.15) is 5.10 Å². The number of hydrogen-bond acceptors (Lipinski definition) is 6. The monoisotopic (exact) mass is 232 g/mol. The summed E-state index contributed by atoms with van der Waals surface area (Å²) in [4.78, 5) is 8.23. The quantitative estimate of drug-likeness (QED) is 0.641. The van der Waals surface area contributed by atoms with Gasteiger partial charge < -0.3 is 9.47 Å². The van der Waals surface area contributed by atoms with Crippen LogP contribution < -0.4 is 14.9 Å². The zero-order chi connectivity index (χ0) is 12.3. The van der Waals surface area contributed by atoms with E-state index < -0.39 is 0 Å². The van der Waals surface area contributed by atoms with Gasteiger partial charge >= 0.3 is 0 Å². The number of benzene rings is 1. The number of nitrogens with zero attached hydrogens (tertiary/aromatic N) is 3. The molecule has 0 saturated heterocycles. The van der Waals surface area contributed by atoms with Gasteiger partial charge in [-0.3, -0.25) is 5.43 Å². The van der Waals surface area contributed by atoms with E-state index in [1.165, 1.54) is 6.33 Å². The molecule has 0 radical (unpaired) electrons. The molecule has 1 N–H and O–H groups in total. The number of fused-ring (bicyclic) bond motifs is 1. The largest absolute Gasteiger partial charge is 0.493 e. The summed E-state index contributed by atoms with van der Waals surface area (Å²) in [7, 11) is 3.15. The van der Waals surface area contributed by atoms with Crippen molar-refractivity contribution < 1.29 is 9.47 Å². The van der Waals surface area contributed by atoms with E-state index in [1.54, 1.807) is 26.4 Å². The summed E-state index contributed by atoms with van der Waals surface area (Å²) in [6.45, 7) is 3.36. The molecular formula is C11H12N4O2. The Bertz CT molecular complexity index is 556. The Morgan fingerprint density at radius 1 is 1.18 bits per heavy atom. The lowest BCUT2D eigenvalue weighted by molar-refractivity contribution is 0.356. The van der Waals surface area contributed by atoms with Crippen molar-refractivity contribution in [2.45, 2.75) is 0 Å². The van der Waals surface area contributed by atoms with Crippen LogP contribution in [-0.2, 0) is 0 Å². The van der Waals surface area contributed by atoms with E-state index in [0.29, 0.717) is 17.3 Å². The molecule has 0 unspecified atom stereocenters. The Morgan fingerprint density at radius 3 is 2.53 bits per heavy atom. The van der Waals surface area contributed by atoms with Crippen molar-refractivity contribution in [2.75, 3.05) is 19.6 Å². The zero-order valence-corrected chi connectivity index (χ0v) is 9.60. The van der Waals surface area contributed by atoms with Crippen LogP contribution in [0.5, 0.6) is 11.5 Å². The van der Waals surface area contributed by atoms with Crippen LogP contribution in [0.1, 0.15) is 0 Å². The second-order valence-corrected chi connectivity index (χ2v) is 3.22. The summed E-state index contributed by atoms with van der Waals surface area (Å²) in [5, 5.41) is 4.38. The average molecular weight is 232 g/mol. The van der Waals surface area contributed by atoms with Crippen molar-refractivity contribution in [1.82, 2.24) is 9.97 Å². The molecule has 0 saturated carbocycles. The smallest absolute Gasteiger partial charge is 0.162 e. The average Bonchev–Trinajstić information content (AvgIpc) is 2.38. The van der Waals surface area contributed by atoms with Gasteiger partial charge in [-0.25, -0.2) is 9.97 Å². The molecule has 0 bridgehead atoms. The van der Waals surface area contributed by atoms with Gasteiger partial charge in [0.1, 0.15) is 6.33 Å². The number of anilines is 1. The minimum atomic E-state index is 0.575. The summed E-state index contributed by atoms with van der Waals surface area (Å²) in [5.74, 6) is 1.81. The number of methoxy groups -OCH3 is 2. The number of nitrogens with one attached hydrogen (secondary N) is 1. The molecule has 0 atom stereocenters. The molecule has 0 amide bonds. The molecule has 0 spiro atoms. The molecule has 6 heteroatoms. The number of hydrazone groups is 1. The van der Waals surface area contributed by atoms with E-state index in [0.717, 1.165) is 10.9 Å². The lowest BCUT2D eigenvalue weighted by atomic mass is 10.2. The molecule has 1 aromatic heterocycles. The Hall–Kier alpha value is -2.37. The Kier molecular flexibility index (Phi) is 3.04. The number of rotatable bonds is 4. The van der Waals surface area contributed by atoms with E-state index in [9.17, 15) is 0 Å². The highest BCUT2D eigenvalue weighted by Gasteiger charge is 2.10. The van der Waals surface area contributed by atoms with E-state index >= 15 is 0 Å². The first kappa shape index (κ1) is 11.1. The lowest BCUT2D eigenvalue weighted by Crippen LogP contribution is -1.96. The van der Waals surface area contributed by atoms with Crippen LogP contribution in [0.15, 0.2) is 23.6 Å². The van der Waals surface area contributed by atoms with Crippen molar-refractivity contribution in [1.29, 1.82) is 0 Å². The molecule has 0 aliphatic carbocycles. The molecule has 88 valence electrons. The first-order chi connectivity index (χ1) is 8.30. The van der Waals surface area contributed by atoms with Crippen molar-refractivity contribution in [3.63, 3.8) is 0 Å². The molecule has 2 rings (SSSR count). The highest BCUT2D eigenvalue weighted by atomic mass is 16.5. The standard InChI is InChI=1S/C11H12N4O2/c1-12-15-11-7-4-9(16-2)10(17-3)5-8(7)13-6-14-11/h4-6H,1H2,2-3H3,(H,13,14,15). The van der Waals surface area contributed by atoms with Crippen LogP contribution >= 0.6 is 0 Å². The maximum atomic E-state index is 5.22. The first-order valence-electron chi connectivity index (χ1n) is 4.88. The highest BCUT2D eigenvalue weighted by Crippen LogP contribution is 2.33. The van der Waals surface area contributed by atoms with Crippen LogP contribution in [0.25, 0.3) is 10.9 Å². The third-order valence-electron chi connectivity index (χ3n) is 2.33. The van der Waals surface area contributed by atoms with Gasteiger partial charge in [0.2, 0.25) is 0 Å². The fourth-order valence-corrected chi connectivity index (χ4v) is 1.55. The van der Waals surface area contributed by atoms with Gasteiger partial charge in [-0.05, 0) is 6.07 Å². The number of hydrogen-bond donors (Lipinski definition) is 1. The van der Waals surface area contributed by atoms with E-state index in [2.05, 4.69) is 27.2 Å². The molecule has 1 aromatic carbocycles. The van der Waals surface area contributed by atoms with Gasteiger partial charge in [0.15, 0.2) is 17.3 Å². The van der Waals surface area contributed by atoms with Crippen molar-refractivity contribution in [3.8, 4) is 11.5 Å². The zero-order valence-electron chi connectivity index (χ0n) is 9.60. The maximum Gasteiger partial charge on any atom is 0.162 e. The normalized spacial score (nSPS) is 10.0. The SMILES string of the molecule is C=NNc1ncnc2cc(OC)c(OC)cc12. The third kappa shape index (κ3) is 1.96. The van der Waals surface area contributed by atoms with Gasteiger partial charge in [0, 0.05) is 18.2 Å². The topological polar surface area (TPSA) is 68.6 Å². The molecule has 1 heterocycles. The summed E-state index contributed by atoms with van der Waals surface area (Å²) in [5.41, 5.74) is 3.45. The van der Waals surface area contributed by atoms with Gasteiger partial charge in [-0.1, -0.05) is 0 Å². The molecule has 2 aromatic rings. The number of aromatic nitrogens is 2. The van der Waals surface area contributed by atoms with Crippen LogP contribution in [0, 0.1) is 0 Å². The fourth-order valence-electron chi connectivity index (χ4n) is 1.55. The highest BCUT2D eigenvalue weighted by molar-refractivity contribution is 5.91. The van der Waals surface area contributed by atoms with Gasteiger partial charge in [-0.15, -0.1) is 0 Å². The van der Waals surface area contributed by atoms with Crippen LogP contribution in [0.2, 0.25) is 0 Å². The van der Waals surface area contributed by atoms with E-state index in [-0.39, 0.29) is 0 Å².